The van der Waals surface area contributed by atoms with Gasteiger partial charge in [0.25, 0.3) is 5.91 Å². The van der Waals surface area contributed by atoms with Crippen LogP contribution in [0.15, 0.2) is 84.0 Å². The molecule has 0 heterocycles. The van der Waals surface area contributed by atoms with Crippen molar-refractivity contribution in [3.63, 3.8) is 0 Å². The maximum atomic E-state index is 12.8. The molecule has 0 spiro atoms. The molecule has 4 aromatic rings. The molecule has 0 aliphatic carbocycles. The van der Waals surface area contributed by atoms with Crippen LogP contribution in [-0.2, 0) is 4.79 Å². The minimum atomic E-state index is -0.468. The largest absolute Gasteiger partial charge is 0.483 e. The number of nitrogens with zero attached hydrogens (tertiary/aromatic N) is 1. The summed E-state index contributed by atoms with van der Waals surface area (Å²) in [7, 11) is 0. The van der Waals surface area contributed by atoms with Gasteiger partial charge in [-0.25, -0.2) is 10.2 Å². The summed E-state index contributed by atoms with van der Waals surface area (Å²) in [4.78, 5) is 25.2. The molecule has 4 aromatic carbocycles. The van der Waals surface area contributed by atoms with Gasteiger partial charge in [-0.15, -0.1) is 0 Å². The highest BCUT2D eigenvalue weighted by molar-refractivity contribution is 6.04. The molecule has 0 aliphatic rings. The maximum Gasteiger partial charge on any atom is 0.343 e. The summed E-state index contributed by atoms with van der Waals surface area (Å²) < 4.78 is 11.5. The van der Waals surface area contributed by atoms with Crippen LogP contribution >= 0.6 is 0 Å². The number of aryl methyl sites for hydroxylation is 2. The fourth-order valence-electron chi connectivity index (χ4n) is 3.90. The van der Waals surface area contributed by atoms with Crippen molar-refractivity contribution in [3.05, 3.63) is 107 Å². The number of benzene rings is 4. The smallest absolute Gasteiger partial charge is 0.343 e. The van der Waals surface area contributed by atoms with Crippen LogP contribution < -0.4 is 14.9 Å². The quantitative estimate of drug-likeness (QED) is 0.134. The summed E-state index contributed by atoms with van der Waals surface area (Å²) in [6, 6.07) is 24.5. The molecule has 0 fully saturated rings. The van der Waals surface area contributed by atoms with E-state index in [2.05, 4.69) is 30.4 Å². The second-order valence-electron chi connectivity index (χ2n) is 9.22. The van der Waals surface area contributed by atoms with Crippen LogP contribution in [0.25, 0.3) is 10.8 Å². The Hall–Kier alpha value is -4.45. The monoisotopic (exact) mass is 494 g/mol. The van der Waals surface area contributed by atoms with E-state index in [4.69, 9.17) is 9.47 Å². The molecule has 37 heavy (non-hydrogen) atoms. The number of ether oxygens (including phenoxy) is 2. The molecule has 0 unspecified atom stereocenters. The molecule has 0 aliphatic heterocycles. The number of hydrazone groups is 1. The number of carbonyl (C=O) groups excluding carboxylic acids is 2. The Balaban J connectivity index is 1.50. The van der Waals surface area contributed by atoms with Gasteiger partial charge in [-0.3, -0.25) is 4.79 Å². The molecule has 0 aromatic heterocycles. The van der Waals surface area contributed by atoms with Crippen molar-refractivity contribution in [1.29, 1.82) is 0 Å². The lowest BCUT2D eigenvalue weighted by molar-refractivity contribution is -0.123. The Morgan fingerprint density at radius 2 is 1.73 bits per heavy atom. The van der Waals surface area contributed by atoms with Gasteiger partial charge in [0.1, 0.15) is 11.5 Å². The zero-order valence-corrected chi connectivity index (χ0v) is 21.4. The Morgan fingerprint density at radius 1 is 0.919 bits per heavy atom. The van der Waals surface area contributed by atoms with E-state index in [-0.39, 0.29) is 6.61 Å². The molecule has 0 bridgehead atoms. The lowest BCUT2D eigenvalue weighted by Gasteiger charge is -2.12. The van der Waals surface area contributed by atoms with E-state index in [9.17, 15) is 9.59 Å². The van der Waals surface area contributed by atoms with Crippen molar-refractivity contribution >= 4 is 28.9 Å². The van der Waals surface area contributed by atoms with Gasteiger partial charge in [0.05, 0.1) is 11.8 Å². The van der Waals surface area contributed by atoms with E-state index in [1.807, 2.05) is 68.4 Å². The van der Waals surface area contributed by atoms with Crippen molar-refractivity contribution in [2.24, 2.45) is 5.10 Å². The van der Waals surface area contributed by atoms with Crippen LogP contribution in [0, 0.1) is 13.8 Å². The predicted molar refractivity (Wildman–Crippen MR) is 147 cm³/mol. The van der Waals surface area contributed by atoms with Crippen molar-refractivity contribution in [1.82, 2.24) is 5.43 Å². The second-order valence-corrected chi connectivity index (χ2v) is 9.22. The van der Waals surface area contributed by atoms with Crippen molar-refractivity contribution < 1.29 is 19.1 Å². The summed E-state index contributed by atoms with van der Waals surface area (Å²) in [5, 5.41) is 5.92. The summed E-state index contributed by atoms with van der Waals surface area (Å²) in [5.74, 6) is 0.510. The zero-order valence-electron chi connectivity index (χ0n) is 21.4. The lowest BCUT2D eigenvalue weighted by atomic mass is 10.0. The van der Waals surface area contributed by atoms with Crippen molar-refractivity contribution in [3.8, 4) is 11.5 Å². The normalized spacial score (nSPS) is 11.2. The molecular formula is C31H30N2O4. The Bertz CT molecular complexity index is 1470. The van der Waals surface area contributed by atoms with Gasteiger partial charge >= 0.3 is 5.97 Å². The Labute approximate surface area is 216 Å². The highest BCUT2D eigenvalue weighted by Gasteiger charge is 2.14. The summed E-state index contributed by atoms with van der Waals surface area (Å²) in [5.41, 5.74) is 6.61. The summed E-state index contributed by atoms with van der Waals surface area (Å²) >= 11 is 0. The molecule has 1 N–H and O–H groups in total. The van der Waals surface area contributed by atoms with Gasteiger partial charge in [0, 0.05) is 5.56 Å². The first-order valence-electron chi connectivity index (χ1n) is 12.2. The van der Waals surface area contributed by atoms with Crippen LogP contribution in [0.4, 0.5) is 0 Å². The number of rotatable bonds is 8. The fraction of sp³-hybridized carbons (Fsp3) is 0.194. The molecule has 0 saturated carbocycles. The molecule has 188 valence electrons. The third-order valence-electron chi connectivity index (χ3n) is 6.01. The number of hydrogen-bond donors (Lipinski definition) is 1. The van der Waals surface area contributed by atoms with Crippen molar-refractivity contribution in [2.75, 3.05) is 6.61 Å². The first-order valence-corrected chi connectivity index (χ1v) is 12.2. The van der Waals surface area contributed by atoms with Crippen LogP contribution in [0.5, 0.6) is 11.5 Å². The van der Waals surface area contributed by atoms with E-state index < -0.39 is 11.9 Å². The van der Waals surface area contributed by atoms with Gasteiger partial charge in [-0.1, -0.05) is 74.0 Å². The molecule has 4 rings (SSSR count). The first kappa shape index (κ1) is 25.6. The third-order valence-corrected chi connectivity index (χ3v) is 6.01. The fourth-order valence-corrected chi connectivity index (χ4v) is 3.90. The van der Waals surface area contributed by atoms with Gasteiger partial charge in [-0.2, -0.15) is 5.10 Å². The second kappa shape index (κ2) is 11.5. The molecule has 6 heteroatoms. The van der Waals surface area contributed by atoms with Gasteiger partial charge < -0.3 is 9.47 Å². The van der Waals surface area contributed by atoms with Crippen LogP contribution in [-0.4, -0.2) is 24.7 Å². The van der Waals surface area contributed by atoms with Gasteiger partial charge in [0.2, 0.25) is 0 Å². The average molecular weight is 495 g/mol. The molecular weight excluding hydrogens is 464 g/mol. The topological polar surface area (TPSA) is 77.0 Å². The van der Waals surface area contributed by atoms with E-state index in [1.54, 1.807) is 18.2 Å². The Morgan fingerprint density at radius 3 is 2.51 bits per heavy atom. The highest BCUT2D eigenvalue weighted by Crippen LogP contribution is 2.28. The van der Waals surface area contributed by atoms with E-state index in [1.165, 1.54) is 6.21 Å². The summed E-state index contributed by atoms with van der Waals surface area (Å²) in [6.07, 6.45) is 1.49. The summed E-state index contributed by atoms with van der Waals surface area (Å²) in [6.45, 7) is 7.89. The predicted octanol–water partition coefficient (Wildman–Crippen LogP) is 6.33. The lowest BCUT2D eigenvalue weighted by Crippen LogP contribution is -2.24. The number of carbonyl (C=O) groups is 2. The van der Waals surface area contributed by atoms with Crippen LogP contribution in [0.3, 0.4) is 0 Å². The van der Waals surface area contributed by atoms with Crippen LogP contribution in [0.2, 0.25) is 0 Å². The average Bonchev–Trinajstić information content (AvgIpc) is 2.89. The minimum Gasteiger partial charge on any atom is -0.483 e. The van der Waals surface area contributed by atoms with E-state index >= 15 is 0 Å². The number of amides is 1. The number of fused-ring (bicyclic) bond motifs is 1. The maximum absolute atomic E-state index is 12.8. The number of nitrogens with one attached hydrogen (secondary N) is 1. The molecule has 6 nitrogen and oxygen atoms in total. The SMILES string of the molecule is Cc1cccc(C(=O)Oc2ccc3ccccc3c2/C=N\NC(=O)COc2cc(C(C)C)ccc2C)c1. The van der Waals surface area contributed by atoms with Crippen molar-refractivity contribution in [2.45, 2.75) is 33.6 Å². The van der Waals surface area contributed by atoms with Crippen LogP contribution in [0.1, 0.15) is 52.4 Å². The third kappa shape index (κ3) is 6.41. The Kier molecular flexibility index (Phi) is 7.98. The minimum absolute atomic E-state index is 0.176. The molecule has 0 saturated heterocycles. The van der Waals surface area contributed by atoms with Gasteiger partial charge in [-0.05, 0) is 65.9 Å². The molecule has 0 atom stereocenters. The zero-order chi connectivity index (χ0) is 26.4. The molecule has 0 radical (unpaired) electrons. The highest BCUT2D eigenvalue weighted by atomic mass is 16.5. The van der Waals surface area contributed by atoms with Gasteiger partial charge in [0.15, 0.2) is 6.61 Å². The number of esters is 1. The molecule has 1 amide bonds. The van der Waals surface area contributed by atoms with E-state index in [0.717, 1.165) is 27.5 Å². The first-order chi connectivity index (χ1) is 17.8. The number of hydrogen-bond acceptors (Lipinski definition) is 5. The standard InChI is InChI=1S/C31H30N2O4/c1-20(2)24-13-12-22(4)29(17-24)36-19-30(34)33-32-18-27-26-11-6-5-9-23(26)14-15-28(27)37-31(35)25-10-7-8-21(3)16-25/h5-18,20H,19H2,1-4H3,(H,33,34)/b32-18-. The van der Waals surface area contributed by atoms with E-state index in [0.29, 0.717) is 28.5 Å².